The normalized spacial score (nSPS) is 21.8. The number of hydrogen-bond donors (Lipinski definition) is 1. The fraction of sp³-hybridized carbons (Fsp3) is 0.647. The van der Waals surface area contributed by atoms with Crippen LogP contribution in [-0.2, 0) is 10.8 Å². The Bertz CT molecular complexity index is 479. The van der Waals surface area contributed by atoms with Gasteiger partial charge in [0.25, 0.3) is 0 Å². The molecule has 0 radical (unpaired) electrons. The van der Waals surface area contributed by atoms with Gasteiger partial charge in [0.2, 0.25) is 0 Å². The molecule has 3 rings (SSSR count). The standard InChI is InChI=1S/C17H26N2/c1-16(2,3)13-5-6-14-15(11-13)19(4)12-17(14)7-9-18-10-8-17/h5-6,11,18H,7-10,12H2,1-4H3. The Labute approximate surface area is 117 Å². The summed E-state index contributed by atoms with van der Waals surface area (Å²) in [5.41, 5.74) is 5.15. The Morgan fingerprint density at radius 1 is 1.16 bits per heavy atom. The average molecular weight is 258 g/mol. The van der Waals surface area contributed by atoms with E-state index in [2.05, 4.69) is 56.2 Å². The highest BCUT2D eigenvalue weighted by molar-refractivity contribution is 5.64. The molecule has 1 aromatic rings. The second kappa shape index (κ2) is 4.24. The van der Waals surface area contributed by atoms with Crippen molar-refractivity contribution in [2.24, 2.45) is 0 Å². The van der Waals surface area contributed by atoms with Crippen molar-refractivity contribution in [3.8, 4) is 0 Å². The number of anilines is 1. The summed E-state index contributed by atoms with van der Waals surface area (Å²) < 4.78 is 0. The third-order valence-electron chi connectivity index (χ3n) is 4.95. The molecule has 19 heavy (non-hydrogen) atoms. The zero-order chi connectivity index (χ0) is 13.7. The molecule has 0 bridgehead atoms. The quantitative estimate of drug-likeness (QED) is 0.769. The van der Waals surface area contributed by atoms with Crippen LogP contribution in [0.3, 0.4) is 0 Å². The summed E-state index contributed by atoms with van der Waals surface area (Å²) >= 11 is 0. The van der Waals surface area contributed by atoms with E-state index in [0.29, 0.717) is 5.41 Å². The molecule has 2 heteroatoms. The number of hydrogen-bond acceptors (Lipinski definition) is 2. The van der Waals surface area contributed by atoms with Crippen molar-refractivity contribution in [3.63, 3.8) is 0 Å². The first kappa shape index (κ1) is 13.0. The average Bonchev–Trinajstić information content (AvgIpc) is 2.62. The van der Waals surface area contributed by atoms with E-state index in [0.717, 1.165) is 13.1 Å². The molecule has 0 aliphatic carbocycles. The van der Waals surface area contributed by atoms with Gasteiger partial charge in [0, 0.05) is 24.7 Å². The lowest BCUT2D eigenvalue weighted by Crippen LogP contribution is -2.42. The zero-order valence-corrected chi connectivity index (χ0v) is 12.7. The van der Waals surface area contributed by atoms with Gasteiger partial charge in [0.05, 0.1) is 0 Å². The van der Waals surface area contributed by atoms with E-state index < -0.39 is 0 Å². The minimum absolute atomic E-state index is 0.236. The molecule has 0 atom stereocenters. The Balaban J connectivity index is 2.04. The molecule has 2 aliphatic heterocycles. The van der Waals surface area contributed by atoms with Gasteiger partial charge in [0.15, 0.2) is 0 Å². The van der Waals surface area contributed by atoms with Crippen molar-refractivity contribution in [2.75, 3.05) is 31.6 Å². The van der Waals surface area contributed by atoms with Gasteiger partial charge in [-0.05, 0) is 48.5 Å². The van der Waals surface area contributed by atoms with Crippen molar-refractivity contribution >= 4 is 5.69 Å². The molecule has 1 fully saturated rings. The molecule has 2 nitrogen and oxygen atoms in total. The summed E-state index contributed by atoms with van der Waals surface area (Å²) in [6.45, 7) is 10.4. The zero-order valence-electron chi connectivity index (χ0n) is 12.7. The number of fused-ring (bicyclic) bond motifs is 2. The van der Waals surface area contributed by atoms with Crippen LogP contribution < -0.4 is 10.2 Å². The second-order valence-electron chi connectivity index (χ2n) is 7.37. The van der Waals surface area contributed by atoms with E-state index >= 15 is 0 Å². The smallest absolute Gasteiger partial charge is 0.0405 e. The lowest BCUT2D eigenvalue weighted by molar-refractivity contribution is 0.327. The van der Waals surface area contributed by atoms with Crippen molar-refractivity contribution in [3.05, 3.63) is 29.3 Å². The second-order valence-corrected chi connectivity index (χ2v) is 7.37. The van der Waals surface area contributed by atoms with Crippen molar-refractivity contribution in [1.29, 1.82) is 0 Å². The highest BCUT2D eigenvalue weighted by Gasteiger charge is 2.42. The molecule has 2 heterocycles. The number of nitrogens with zero attached hydrogens (tertiary/aromatic N) is 1. The van der Waals surface area contributed by atoms with E-state index in [1.807, 2.05) is 0 Å². The number of piperidine rings is 1. The first-order valence-electron chi connectivity index (χ1n) is 7.49. The van der Waals surface area contributed by atoms with Gasteiger partial charge < -0.3 is 10.2 Å². The highest BCUT2D eigenvalue weighted by Crippen LogP contribution is 2.46. The molecule has 1 saturated heterocycles. The van der Waals surface area contributed by atoms with Crippen LogP contribution in [0, 0.1) is 0 Å². The largest absolute Gasteiger partial charge is 0.373 e. The third-order valence-corrected chi connectivity index (χ3v) is 4.95. The van der Waals surface area contributed by atoms with Gasteiger partial charge >= 0.3 is 0 Å². The van der Waals surface area contributed by atoms with E-state index in [1.165, 1.54) is 30.6 Å². The van der Waals surface area contributed by atoms with Crippen LogP contribution in [0.2, 0.25) is 0 Å². The van der Waals surface area contributed by atoms with Crippen LogP contribution >= 0.6 is 0 Å². The highest BCUT2D eigenvalue weighted by atomic mass is 15.1. The first-order valence-corrected chi connectivity index (χ1v) is 7.49. The van der Waals surface area contributed by atoms with Gasteiger partial charge in [-0.15, -0.1) is 0 Å². The van der Waals surface area contributed by atoms with Crippen LogP contribution in [0.1, 0.15) is 44.7 Å². The third kappa shape index (κ3) is 2.06. The van der Waals surface area contributed by atoms with E-state index in [1.54, 1.807) is 5.56 Å². The Morgan fingerprint density at radius 3 is 2.47 bits per heavy atom. The van der Waals surface area contributed by atoms with Gasteiger partial charge in [-0.25, -0.2) is 0 Å². The van der Waals surface area contributed by atoms with Crippen molar-refractivity contribution < 1.29 is 0 Å². The summed E-state index contributed by atoms with van der Waals surface area (Å²) in [6.07, 6.45) is 2.55. The lowest BCUT2D eigenvalue weighted by Gasteiger charge is -2.34. The number of likely N-dealkylation sites (N-methyl/N-ethyl adjacent to an activating group) is 1. The monoisotopic (exact) mass is 258 g/mol. The fourth-order valence-corrected chi connectivity index (χ4v) is 3.72. The predicted molar refractivity (Wildman–Crippen MR) is 82.2 cm³/mol. The molecule has 0 saturated carbocycles. The predicted octanol–water partition coefficient (Wildman–Crippen LogP) is 3.06. The molecule has 1 N–H and O–H groups in total. The summed E-state index contributed by atoms with van der Waals surface area (Å²) in [5, 5.41) is 3.50. The molecule has 1 spiro atoms. The van der Waals surface area contributed by atoms with Gasteiger partial charge in [-0.2, -0.15) is 0 Å². The summed E-state index contributed by atoms with van der Waals surface area (Å²) in [7, 11) is 2.25. The van der Waals surface area contributed by atoms with Crippen LogP contribution in [0.4, 0.5) is 5.69 Å². The van der Waals surface area contributed by atoms with Crippen molar-refractivity contribution in [2.45, 2.75) is 44.4 Å². The van der Waals surface area contributed by atoms with Crippen LogP contribution in [-0.4, -0.2) is 26.7 Å². The van der Waals surface area contributed by atoms with Crippen LogP contribution in [0.25, 0.3) is 0 Å². The summed E-state index contributed by atoms with van der Waals surface area (Å²) in [4.78, 5) is 2.47. The Kier molecular flexibility index (Phi) is 2.90. The Morgan fingerprint density at radius 2 is 1.84 bits per heavy atom. The minimum Gasteiger partial charge on any atom is -0.373 e. The molecule has 0 amide bonds. The van der Waals surface area contributed by atoms with Crippen LogP contribution in [0.5, 0.6) is 0 Å². The number of rotatable bonds is 0. The van der Waals surface area contributed by atoms with Crippen molar-refractivity contribution in [1.82, 2.24) is 5.32 Å². The maximum atomic E-state index is 3.50. The van der Waals surface area contributed by atoms with Gasteiger partial charge in [-0.1, -0.05) is 32.9 Å². The lowest BCUT2D eigenvalue weighted by atomic mass is 9.74. The maximum absolute atomic E-state index is 3.50. The number of nitrogens with one attached hydrogen (secondary N) is 1. The van der Waals surface area contributed by atoms with E-state index in [4.69, 9.17) is 0 Å². The summed E-state index contributed by atoms with van der Waals surface area (Å²) in [6, 6.07) is 7.18. The van der Waals surface area contributed by atoms with E-state index in [9.17, 15) is 0 Å². The van der Waals surface area contributed by atoms with E-state index in [-0.39, 0.29) is 5.41 Å². The molecule has 1 aromatic carbocycles. The Hall–Kier alpha value is -1.02. The molecular formula is C17H26N2. The summed E-state index contributed by atoms with van der Waals surface area (Å²) in [5.74, 6) is 0. The molecule has 104 valence electrons. The topological polar surface area (TPSA) is 15.3 Å². The molecular weight excluding hydrogens is 232 g/mol. The molecule has 0 unspecified atom stereocenters. The molecule has 0 aromatic heterocycles. The van der Waals surface area contributed by atoms with Gasteiger partial charge in [0.1, 0.15) is 0 Å². The van der Waals surface area contributed by atoms with Gasteiger partial charge in [-0.3, -0.25) is 0 Å². The number of benzene rings is 1. The fourth-order valence-electron chi connectivity index (χ4n) is 3.72. The SMILES string of the molecule is CN1CC2(CCNCC2)c2ccc(C(C)(C)C)cc21. The van der Waals surface area contributed by atoms with Crippen LogP contribution in [0.15, 0.2) is 18.2 Å². The minimum atomic E-state index is 0.236. The maximum Gasteiger partial charge on any atom is 0.0405 e. The molecule has 2 aliphatic rings. The first-order chi connectivity index (χ1) is 8.92.